The average Bonchev–Trinajstić information content (AvgIpc) is 2.86. The Kier molecular flexibility index (Phi) is 5.27. The van der Waals surface area contributed by atoms with Crippen molar-refractivity contribution in [3.8, 4) is 0 Å². The molecule has 0 aromatic carbocycles. The fourth-order valence-corrected chi connectivity index (χ4v) is 2.72. The van der Waals surface area contributed by atoms with E-state index < -0.39 is 0 Å². The number of rotatable bonds is 6. The summed E-state index contributed by atoms with van der Waals surface area (Å²) in [7, 11) is 0. The van der Waals surface area contributed by atoms with Gasteiger partial charge in [-0.25, -0.2) is 4.68 Å². The van der Waals surface area contributed by atoms with Gasteiger partial charge in [-0.1, -0.05) is 26.7 Å². The summed E-state index contributed by atoms with van der Waals surface area (Å²) in [5, 5.41) is 12.0. The zero-order valence-corrected chi connectivity index (χ0v) is 12.1. The Balaban J connectivity index is 1.92. The van der Waals surface area contributed by atoms with Gasteiger partial charge in [0.1, 0.15) is 0 Å². The molecule has 2 heterocycles. The van der Waals surface area contributed by atoms with Crippen molar-refractivity contribution >= 4 is 0 Å². The first-order valence-corrected chi connectivity index (χ1v) is 7.47. The molecule has 1 aliphatic rings. The lowest BCUT2D eigenvalue weighted by Gasteiger charge is -2.36. The summed E-state index contributed by atoms with van der Waals surface area (Å²) in [4.78, 5) is 2.44. The van der Waals surface area contributed by atoms with Crippen LogP contribution in [-0.2, 0) is 13.1 Å². The summed E-state index contributed by atoms with van der Waals surface area (Å²) in [5.41, 5.74) is 6.15. The number of aryl methyl sites for hydroxylation is 1. The van der Waals surface area contributed by atoms with Gasteiger partial charge >= 0.3 is 0 Å². The van der Waals surface area contributed by atoms with Gasteiger partial charge in [0.2, 0.25) is 0 Å². The number of nitrogens with two attached hydrogens (primary N) is 1. The van der Waals surface area contributed by atoms with E-state index in [0.717, 1.165) is 57.7 Å². The maximum Gasteiger partial charge on any atom is 0.165 e. The van der Waals surface area contributed by atoms with Crippen LogP contribution in [0.3, 0.4) is 0 Å². The molecule has 1 fully saturated rings. The average molecular weight is 266 g/mol. The third kappa shape index (κ3) is 3.73. The van der Waals surface area contributed by atoms with Crippen LogP contribution in [-0.4, -0.2) is 44.2 Å². The van der Waals surface area contributed by atoms with Gasteiger partial charge in [-0.15, -0.1) is 5.10 Å². The second-order valence-electron chi connectivity index (χ2n) is 5.53. The Labute approximate surface area is 115 Å². The minimum Gasteiger partial charge on any atom is -0.327 e. The Morgan fingerprint density at radius 2 is 2.21 bits per heavy atom. The zero-order chi connectivity index (χ0) is 13.7. The molecule has 0 bridgehead atoms. The van der Waals surface area contributed by atoms with Gasteiger partial charge in [0.05, 0.1) is 6.54 Å². The lowest BCUT2D eigenvalue weighted by molar-refractivity contribution is 0.140. The molecule has 2 rings (SSSR count). The molecule has 0 radical (unpaired) electrons. The first-order valence-electron chi connectivity index (χ1n) is 7.47. The van der Waals surface area contributed by atoms with E-state index in [9.17, 15) is 0 Å². The molecular formula is C13H26N6. The van der Waals surface area contributed by atoms with Crippen molar-refractivity contribution in [3.05, 3.63) is 5.82 Å². The van der Waals surface area contributed by atoms with Crippen LogP contribution in [0.15, 0.2) is 0 Å². The molecule has 0 aliphatic carbocycles. The Morgan fingerprint density at radius 1 is 1.37 bits per heavy atom. The molecule has 6 heteroatoms. The van der Waals surface area contributed by atoms with E-state index in [-0.39, 0.29) is 0 Å². The van der Waals surface area contributed by atoms with E-state index in [2.05, 4.69) is 34.3 Å². The van der Waals surface area contributed by atoms with Crippen molar-refractivity contribution in [1.82, 2.24) is 25.1 Å². The third-order valence-electron chi connectivity index (χ3n) is 4.10. The first-order chi connectivity index (χ1) is 9.24. The van der Waals surface area contributed by atoms with E-state index >= 15 is 0 Å². The SMILES string of the molecule is CCCCn1nnnc1CN1CCC(N)C(CC)C1. The summed E-state index contributed by atoms with van der Waals surface area (Å²) in [6.45, 7) is 8.29. The third-order valence-corrected chi connectivity index (χ3v) is 4.10. The molecule has 108 valence electrons. The highest BCUT2D eigenvalue weighted by molar-refractivity contribution is 4.87. The van der Waals surface area contributed by atoms with Crippen LogP contribution < -0.4 is 5.73 Å². The second kappa shape index (κ2) is 6.96. The summed E-state index contributed by atoms with van der Waals surface area (Å²) < 4.78 is 1.94. The summed E-state index contributed by atoms with van der Waals surface area (Å²) in [6, 6.07) is 0.359. The van der Waals surface area contributed by atoms with Gasteiger partial charge in [0, 0.05) is 25.7 Å². The maximum absolute atomic E-state index is 6.15. The number of tetrazole rings is 1. The predicted molar refractivity (Wildman–Crippen MR) is 74.4 cm³/mol. The van der Waals surface area contributed by atoms with Crippen LogP contribution in [0.2, 0.25) is 0 Å². The number of piperidine rings is 1. The molecule has 0 spiro atoms. The number of nitrogens with zero attached hydrogens (tertiary/aromatic N) is 5. The summed E-state index contributed by atoms with van der Waals surface area (Å²) >= 11 is 0. The van der Waals surface area contributed by atoms with Gasteiger partial charge < -0.3 is 5.73 Å². The van der Waals surface area contributed by atoms with Gasteiger partial charge in [-0.3, -0.25) is 4.90 Å². The topological polar surface area (TPSA) is 72.9 Å². The summed E-state index contributed by atoms with van der Waals surface area (Å²) in [6.07, 6.45) is 4.52. The summed E-state index contributed by atoms with van der Waals surface area (Å²) in [5.74, 6) is 1.59. The number of hydrogen-bond donors (Lipinski definition) is 1. The lowest BCUT2D eigenvalue weighted by atomic mass is 9.91. The minimum absolute atomic E-state index is 0.359. The molecule has 2 unspecified atom stereocenters. The van der Waals surface area contributed by atoms with Crippen molar-refractivity contribution in [2.75, 3.05) is 13.1 Å². The maximum atomic E-state index is 6.15. The van der Waals surface area contributed by atoms with Crippen molar-refractivity contribution in [3.63, 3.8) is 0 Å². The highest BCUT2D eigenvalue weighted by Crippen LogP contribution is 2.19. The van der Waals surface area contributed by atoms with E-state index in [1.165, 1.54) is 0 Å². The standard InChI is InChI=1S/C13H26N6/c1-3-5-7-19-13(15-16-17-19)10-18-8-6-12(14)11(4-2)9-18/h11-12H,3-10,14H2,1-2H3. The van der Waals surface area contributed by atoms with E-state index in [1.807, 2.05) is 4.68 Å². The van der Waals surface area contributed by atoms with Crippen molar-refractivity contribution in [2.24, 2.45) is 11.7 Å². The van der Waals surface area contributed by atoms with E-state index in [1.54, 1.807) is 0 Å². The molecule has 1 saturated heterocycles. The highest BCUT2D eigenvalue weighted by atomic mass is 15.5. The van der Waals surface area contributed by atoms with Crippen molar-refractivity contribution in [2.45, 2.75) is 58.7 Å². The molecule has 2 N–H and O–H groups in total. The second-order valence-corrected chi connectivity index (χ2v) is 5.53. The van der Waals surface area contributed by atoms with E-state index in [0.29, 0.717) is 12.0 Å². The van der Waals surface area contributed by atoms with Crippen LogP contribution in [0.5, 0.6) is 0 Å². The molecule has 19 heavy (non-hydrogen) atoms. The normalized spacial score (nSPS) is 24.8. The van der Waals surface area contributed by atoms with Crippen molar-refractivity contribution < 1.29 is 0 Å². The fourth-order valence-electron chi connectivity index (χ4n) is 2.72. The Hall–Kier alpha value is -1.01. The molecule has 1 aromatic rings. The smallest absolute Gasteiger partial charge is 0.165 e. The van der Waals surface area contributed by atoms with Crippen molar-refractivity contribution in [1.29, 1.82) is 0 Å². The van der Waals surface area contributed by atoms with Gasteiger partial charge in [-0.2, -0.15) is 0 Å². The van der Waals surface area contributed by atoms with Crippen LogP contribution in [0, 0.1) is 5.92 Å². The van der Waals surface area contributed by atoms with Gasteiger partial charge in [-0.05, 0) is 29.2 Å². The Bertz CT molecular complexity index is 377. The number of hydrogen-bond acceptors (Lipinski definition) is 5. The number of unbranched alkanes of at least 4 members (excludes halogenated alkanes) is 1. The molecule has 0 amide bonds. The monoisotopic (exact) mass is 266 g/mol. The predicted octanol–water partition coefficient (Wildman–Crippen LogP) is 1.03. The largest absolute Gasteiger partial charge is 0.327 e. The lowest BCUT2D eigenvalue weighted by Crippen LogP contribution is -2.46. The van der Waals surface area contributed by atoms with Crippen LogP contribution in [0.25, 0.3) is 0 Å². The van der Waals surface area contributed by atoms with E-state index in [4.69, 9.17) is 5.73 Å². The molecule has 2 atom stereocenters. The molecule has 1 aliphatic heterocycles. The minimum atomic E-state index is 0.359. The molecule has 0 saturated carbocycles. The fraction of sp³-hybridized carbons (Fsp3) is 0.923. The van der Waals surface area contributed by atoms with Gasteiger partial charge in [0.25, 0.3) is 0 Å². The van der Waals surface area contributed by atoms with Crippen LogP contribution in [0.4, 0.5) is 0 Å². The van der Waals surface area contributed by atoms with Crippen LogP contribution >= 0.6 is 0 Å². The zero-order valence-electron chi connectivity index (χ0n) is 12.1. The molecular weight excluding hydrogens is 240 g/mol. The highest BCUT2D eigenvalue weighted by Gasteiger charge is 2.26. The van der Waals surface area contributed by atoms with Crippen LogP contribution in [0.1, 0.15) is 45.4 Å². The molecule has 6 nitrogen and oxygen atoms in total. The quantitative estimate of drug-likeness (QED) is 0.832. The molecule has 1 aromatic heterocycles. The van der Waals surface area contributed by atoms with Gasteiger partial charge in [0.15, 0.2) is 5.82 Å². The number of likely N-dealkylation sites (tertiary alicyclic amines) is 1. The first kappa shape index (κ1) is 14.4. The Morgan fingerprint density at radius 3 is 2.95 bits per heavy atom. The number of aromatic nitrogens is 4.